The molecular weight excluding hydrogens is 564 g/mol. The molecule has 0 saturated heterocycles. The molecule has 3 aliphatic heterocycles. The Bertz CT molecular complexity index is 2280. The number of allylic oxidation sites excluding steroid dienone is 4. The number of hydrogen-bond donors (Lipinski definition) is 3. The van der Waals surface area contributed by atoms with Crippen LogP contribution in [0.4, 0.5) is 5.69 Å². The SMILES string of the molecule is C1=CN=C(c2ccc3ccc(C4=CC=C5C=CC(c6ccc(-c7cc8cccnc8c8c7C=CCN8)cc6)=CC5N4)cc3n2)NC1. The molecule has 5 heterocycles. The number of benzene rings is 3. The summed E-state index contributed by atoms with van der Waals surface area (Å²) in [5.41, 5.74) is 13.4. The Morgan fingerprint density at radius 3 is 2.52 bits per heavy atom. The van der Waals surface area contributed by atoms with Crippen LogP contribution in [0.25, 0.3) is 50.3 Å². The molecule has 0 fully saturated rings. The molecule has 9 rings (SSSR count). The molecule has 6 nitrogen and oxygen atoms in total. The molecule has 1 atom stereocenters. The zero-order valence-corrected chi connectivity index (χ0v) is 25.0. The summed E-state index contributed by atoms with van der Waals surface area (Å²) in [6.45, 7) is 1.58. The van der Waals surface area contributed by atoms with E-state index in [2.05, 4.69) is 129 Å². The molecule has 0 spiro atoms. The fourth-order valence-electron chi connectivity index (χ4n) is 6.64. The van der Waals surface area contributed by atoms with Gasteiger partial charge >= 0.3 is 0 Å². The maximum absolute atomic E-state index is 4.92. The number of aliphatic imine (C=N–C) groups is 1. The van der Waals surface area contributed by atoms with Gasteiger partial charge < -0.3 is 16.0 Å². The van der Waals surface area contributed by atoms with Gasteiger partial charge in [-0.15, -0.1) is 0 Å². The van der Waals surface area contributed by atoms with E-state index in [-0.39, 0.29) is 6.04 Å². The fourth-order valence-corrected chi connectivity index (χ4v) is 6.64. The van der Waals surface area contributed by atoms with Crippen molar-refractivity contribution >= 4 is 50.7 Å². The quantitative estimate of drug-likeness (QED) is 0.199. The Labute approximate surface area is 267 Å². The minimum atomic E-state index is 0.0819. The van der Waals surface area contributed by atoms with Crippen molar-refractivity contribution in [1.29, 1.82) is 0 Å². The normalized spacial score (nSPS) is 18.0. The van der Waals surface area contributed by atoms with Gasteiger partial charge in [-0.25, -0.2) is 9.98 Å². The third-order valence-corrected chi connectivity index (χ3v) is 9.00. The molecule has 3 N–H and O–H groups in total. The first-order chi connectivity index (χ1) is 22.8. The first-order valence-corrected chi connectivity index (χ1v) is 15.7. The molecule has 1 aliphatic carbocycles. The van der Waals surface area contributed by atoms with Gasteiger partial charge in [-0.3, -0.25) is 4.98 Å². The molecular formula is C40H30N6. The third-order valence-electron chi connectivity index (χ3n) is 9.00. The standard InChI is InChI=1S/C40H30N6/c1-4-31-22-33(32-5-2-19-42-39(32)38(31)41-18-1)26-8-6-25(7-9-26)29-12-10-27-14-16-34(45-36(27)23-29)30-13-11-28-15-17-35(46-37(28)24-30)40-43-20-3-21-44-40/h1-18,20,22-24,36,42,45H,19,21H2,(H,43,44). The lowest BCUT2D eigenvalue weighted by Gasteiger charge is -2.27. The molecule has 5 aromatic rings. The van der Waals surface area contributed by atoms with E-state index < -0.39 is 0 Å². The van der Waals surface area contributed by atoms with Gasteiger partial charge in [0, 0.05) is 47.5 Å². The molecule has 1 unspecified atom stereocenters. The van der Waals surface area contributed by atoms with Crippen molar-refractivity contribution in [2.45, 2.75) is 6.04 Å². The van der Waals surface area contributed by atoms with E-state index in [1.807, 2.05) is 30.6 Å². The summed E-state index contributed by atoms with van der Waals surface area (Å²) < 4.78 is 0. The lowest BCUT2D eigenvalue weighted by Crippen LogP contribution is -2.31. The van der Waals surface area contributed by atoms with Crippen LogP contribution in [-0.4, -0.2) is 34.9 Å². The number of anilines is 1. The van der Waals surface area contributed by atoms with Gasteiger partial charge in [0.2, 0.25) is 0 Å². The van der Waals surface area contributed by atoms with Crippen LogP contribution in [0.5, 0.6) is 0 Å². The highest BCUT2D eigenvalue weighted by molar-refractivity contribution is 6.02. The van der Waals surface area contributed by atoms with Crippen LogP contribution in [0.2, 0.25) is 0 Å². The van der Waals surface area contributed by atoms with E-state index in [4.69, 9.17) is 4.98 Å². The average molecular weight is 595 g/mol. The second-order valence-corrected chi connectivity index (χ2v) is 11.8. The minimum absolute atomic E-state index is 0.0819. The topological polar surface area (TPSA) is 74.2 Å². The van der Waals surface area contributed by atoms with Crippen LogP contribution in [0.3, 0.4) is 0 Å². The van der Waals surface area contributed by atoms with Crippen LogP contribution in [-0.2, 0) is 0 Å². The van der Waals surface area contributed by atoms with Gasteiger partial charge in [0.1, 0.15) is 5.69 Å². The first kappa shape index (κ1) is 26.4. The second kappa shape index (κ2) is 10.9. The summed E-state index contributed by atoms with van der Waals surface area (Å²) >= 11 is 0. The summed E-state index contributed by atoms with van der Waals surface area (Å²) in [5.74, 6) is 0.805. The highest BCUT2D eigenvalue weighted by atomic mass is 15.0. The van der Waals surface area contributed by atoms with Crippen molar-refractivity contribution in [3.8, 4) is 11.1 Å². The molecule has 0 bridgehead atoms. The summed E-state index contributed by atoms with van der Waals surface area (Å²) in [4.78, 5) is 14.0. The second-order valence-electron chi connectivity index (χ2n) is 11.8. The maximum Gasteiger partial charge on any atom is 0.152 e. The predicted molar refractivity (Wildman–Crippen MR) is 190 cm³/mol. The van der Waals surface area contributed by atoms with Crippen LogP contribution in [0, 0.1) is 0 Å². The maximum atomic E-state index is 4.92. The Kier molecular flexibility index (Phi) is 6.23. The number of amidine groups is 1. The van der Waals surface area contributed by atoms with Gasteiger partial charge in [-0.05, 0) is 69.8 Å². The number of fused-ring (bicyclic) bond motifs is 5. The third kappa shape index (κ3) is 4.63. The van der Waals surface area contributed by atoms with E-state index in [0.29, 0.717) is 0 Å². The van der Waals surface area contributed by atoms with Gasteiger partial charge in [-0.2, -0.15) is 0 Å². The van der Waals surface area contributed by atoms with Crippen LogP contribution in [0.1, 0.15) is 22.4 Å². The van der Waals surface area contributed by atoms with Gasteiger partial charge in [0.15, 0.2) is 5.84 Å². The summed E-state index contributed by atoms with van der Waals surface area (Å²) in [6.07, 6.45) is 21.2. The van der Waals surface area contributed by atoms with Crippen LogP contribution in [0.15, 0.2) is 138 Å². The van der Waals surface area contributed by atoms with E-state index in [9.17, 15) is 0 Å². The minimum Gasteiger partial charge on any atom is -0.379 e. The lowest BCUT2D eigenvalue weighted by atomic mass is 9.89. The highest BCUT2D eigenvalue weighted by Gasteiger charge is 2.21. The Hall–Kier alpha value is -6.01. The summed E-state index contributed by atoms with van der Waals surface area (Å²) in [5, 5.41) is 12.9. The van der Waals surface area contributed by atoms with Crippen molar-refractivity contribution < 1.29 is 0 Å². The monoisotopic (exact) mass is 594 g/mol. The number of rotatable bonds is 4. The molecule has 0 saturated carbocycles. The van der Waals surface area contributed by atoms with Crippen molar-refractivity contribution in [3.05, 3.63) is 156 Å². The van der Waals surface area contributed by atoms with Crippen molar-refractivity contribution in [1.82, 2.24) is 20.6 Å². The molecule has 3 aromatic carbocycles. The number of nitrogens with zero attached hydrogens (tertiary/aromatic N) is 3. The molecule has 0 amide bonds. The Morgan fingerprint density at radius 2 is 1.61 bits per heavy atom. The molecule has 46 heavy (non-hydrogen) atoms. The largest absolute Gasteiger partial charge is 0.379 e. The van der Waals surface area contributed by atoms with E-state index in [1.165, 1.54) is 33.4 Å². The zero-order valence-electron chi connectivity index (χ0n) is 25.0. The van der Waals surface area contributed by atoms with Crippen LogP contribution < -0.4 is 16.0 Å². The summed E-state index contributed by atoms with van der Waals surface area (Å²) in [6, 6.07) is 26.0. The van der Waals surface area contributed by atoms with Crippen molar-refractivity contribution in [2.75, 3.05) is 18.4 Å². The lowest BCUT2D eigenvalue weighted by molar-refractivity contribution is 0.815. The smallest absolute Gasteiger partial charge is 0.152 e. The number of aromatic nitrogens is 2. The van der Waals surface area contributed by atoms with E-state index in [1.54, 1.807) is 0 Å². The Balaban J connectivity index is 0.989. The van der Waals surface area contributed by atoms with Gasteiger partial charge in [0.05, 0.1) is 22.8 Å². The molecule has 220 valence electrons. The number of pyridine rings is 2. The Morgan fingerprint density at radius 1 is 0.739 bits per heavy atom. The van der Waals surface area contributed by atoms with Gasteiger partial charge in [-0.1, -0.05) is 85.0 Å². The first-order valence-electron chi connectivity index (χ1n) is 15.7. The number of nitrogens with one attached hydrogen (secondary N) is 3. The highest BCUT2D eigenvalue weighted by Crippen LogP contribution is 2.38. The van der Waals surface area contributed by atoms with Crippen LogP contribution >= 0.6 is 0 Å². The van der Waals surface area contributed by atoms with E-state index >= 15 is 0 Å². The van der Waals surface area contributed by atoms with Gasteiger partial charge in [0.25, 0.3) is 0 Å². The molecule has 6 heteroatoms. The molecule has 2 aromatic heterocycles. The fraction of sp³-hybridized carbons (Fsp3) is 0.0750. The number of hydrogen-bond acceptors (Lipinski definition) is 6. The van der Waals surface area contributed by atoms with Crippen molar-refractivity contribution in [2.24, 2.45) is 4.99 Å². The van der Waals surface area contributed by atoms with E-state index in [0.717, 1.165) is 63.4 Å². The number of dihydropyridines is 1. The summed E-state index contributed by atoms with van der Waals surface area (Å²) in [7, 11) is 0. The molecule has 4 aliphatic rings. The average Bonchev–Trinajstić information content (AvgIpc) is 3.14. The predicted octanol–water partition coefficient (Wildman–Crippen LogP) is 7.64. The zero-order chi connectivity index (χ0) is 30.5. The molecule has 0 radical (unpaired) electrons. The van der Waals surface area contributed by atoms with Crippen molar-refractivity contribution in [3.63, 3.8) is 0 Å².